The van der Waals surface area contributed by atoms with Crippen LogP contribution in [0.2, 0.25) is 0 Å². The largest absolute Gasteiger partial charge is 0.463 e. The van der Waals surface area contributed by atoms with E-state index in [1.165, 1.54) is 6.92 Å². The van der Waals surface area contributed by atoms with Crippen LogP contribution in [0.3, 0.4) is 0 Å². The fraction of sp³-hybridized carbons (Fsp3) is 0.476. The number of carbonyl (C=O) groups excluding carboxylic acids is 1. The molecule has 0 radical (unpaired) electrons. The number of hydrogen-bond donors (Lipinski definition) is 2. The monoisotopic (exact) mass is 387 g/mol. The molecule has 0 aromatic heterocycles. The molecule has 5 atom stereocenters. The number of amides is 1. The summed E-state index contributed by atoms with van der Waals surface area (Å²) in [5.41, 5.74) is 0. The normalized spacial score (nSPS) is 31.8. The second kappa shape index (κ2) is 7.33. The van der Waals surface area contributed by atoms with E-state index >= 15 is 0 Å². The third kappa shape index (κ3) is 3.84. The minimum absolute atomic E-state index is 0.263. The second-order valence-corrected chi connectivity index (χ2v) is 7.68. The van der Waals surface area contributed by atoms with Crippen LogP contribution >= 0.6 is 0 Å². The Balaban J connectivity index is 1.59. The molecule has 150 valence electrons. The first kappa shape index (κ1) is 19.1. The molecule has 0 saturated carbocycles. The molecule has 2 aliphatic heterocycles. The maximum atomic E-state index is 11.7. The van der Waals surface area contributed by atoms with Crippen molar-refractivity contribution in [1.29, 1.82) is 0 Å². The molecule has 2 aliphatic rings. The number of aliphatic hydroxyl groups is 1. The first-order chi connectivity index (χ1) is 13.3. The molecule has 2 saturated heterocycles. The van der Waals surface area contributed by atoms with Gasteiger partial charge < -0.3 is 29.4 Å². The molecule has 7 heteroatoms. The van der Waals surface area contributed by atoms with Crippen molar-refractivity contribution >= 4 is 16.7 Å². The number of aliphatic hydroxyl groups excluding tert-OH is 1. The first-order valence-electron chi connectivity index (χ1n) is 9.40. The van der Waals surface area contributed by atoms with Crippen LogP contribution in [0, 0.1) is 0 Å². The molecule has 5 unspecified atom stereocenters. The molecule has 0 spiro atoms. The van der Waals surface area contributed by atoms with Gasteiger partial charge in [0, 0.05) is 6.92 Å². The zero-order valence-electron chi connectivity index (χ0n) is 16.1. The Hall–Kier alpha value is -2.19. The van der Waals surface area contributed by atoms with Gasteiger partial charge in [0.1, 0.15) is 30.1 Å². The van der Waals surface area contributed by atoms with Crippen molar-refractivity contribution in [2.45, 2.75) is 57.2 Å². The Morgan fingerprint density at radius 3 is 2.71 bits per heavy atom. The van der Waals surface area contributed by atoms with Crippen LogP contribution in [0.4, 0.5) is 0 Å². The van der Waals surface area contributed by atoms with Crippen molar-refractivity contribution < 1.29 is 28.8 Å². The second-order valence-electron chi connectivity index (χ2n) is 7.68. The van der Waals surface area contributed by atoms with Crippen LogP contribution in [0.1, 0.15) is 20.8 Å². The lowest BCUT2D eigenvalue weighted by Crippen LogP contribution is -2.69. The summed E-state index contributed by atoms with van der Waals surface area (Å²) < 4.78 is 23.6. The highest BCUT2D eigenvalue weighted by Crippen LogP contribution is 2.33. The summed E-state index contributed by atoms with van der Waals surface area (Å²) in [5, 5.41) is 15.8. The third-order valence-electron chi connectivity index (χ3n) is 5.03. The lowest BCUT2D eigenvalue weighted by atomic mass is 9.95. The molecule has 0 bridgehead atoms. The van der Waals surface area contributed by atoms with Gasteiger partial charge in [-0.25, -0.2) is 0 Å². The lowest BCUT2D eigenvalue weighted by molar-refractivity contribution is -0.361. The Morgan fingerprint density at radius 1 is 1.21 bits per heavy atom. The van der Waals surface area contributed by atoms with Crippen molar-refractivity contribution in [2.75, 3.05) is 6.61 Å². The first-order valence-corrected chi connectivity index (χ1v) is 9.40. The van der Waals surface area contributed by atoms with Crippen LogP contribution in [-0.2, 0) is 19.0 Å². The van der Waals surface area contributed by atoms with Crippen LogP contribution in [0.25, 0.3) is 10.8 Å². The SMILES string of the molecule is CC(=O)NC1C(Oc2ccc3ccccc3c2)OC2COC(C)(C)OC2C1O. The third-order valence-corrected chi connectivity index (χ3v) is 5.03. The van der Waals surface area contributed by atoms with Crippen molar-refractivity contribution in [1.82, 2.24) is 5.32 Å². The maximum absolute atomic E-state index is 11.7. The van der Waals surface area contributed by atoms with E-state index in [0.29, 0.717) is 5.75 Å². The molecule has 1 amide bonds. The number of fused-ring (bicyclic) bond motifs is 2. The molecule has 2 fully saturated rings. The average Bonchev–Trinajstić information content (AvgIpc) is 2.65. The van der Waals surface area contributed by atoms with E-state index in [2.05, 4.69) is 5.32 Å². The number of benzene rings is 2. The molecule has 0 aliphatic carbocycles. The van der Waals surface area contributed by atoms with Gasteiger partial charge in [0.05, 0.1) is 6.61 Å². The predicted octanol–water partition coefficient (Wildman–Crippen LogP) is 1.96. The molecular weight excluding hydrogens is 362 g/mol. The summed E-state index contributed by atoms with van der Waals surface area (Å²) in [6.07, 6.45) is -3.01. The summed E-state index contributed by atoms with van der Waals surface area (Å²) in [4.78, 5) is 11.7. The zero-order valence-corrected chi connectivity index (χ0v) is 16.1. The molecule has 2 aromatic carbocycles. The van der Waals surface area contributed by atoms with Gasteiger partial charge in [-0.2, -0.15) is 0 Å². The Bertz CT molecular complexity index is 869. The molecule has 2 aromatic rings. The zero-order chi connectivity index (χ0) is 19.9. The topological polar surface area (TPSA) is 86.3 Å². The van der Waals surface area contributed by atoms with Crippen LogP contribution in [0.15, 0.2) is 42.5 Å². The van der Waals surface area contributed by atoms with Crippen LogP contribution in [-0.4, -0.2) is 54.1 Å². The summed E-state index contributed by atoms with van der Waals surface area (Å²) in [6.45, 7) is 5.21. The Morgan fingerprint density at radius 2 is 1.96 bits per heavy atom. The standard InChI is InChI=1S/C21H25NO6/c1-12(23)22-17-18(24)19-16(11-25-21(2,3)28-19)27-20(17)26-15-9-8-13-6-4-5-7-14(13)10-15/h4-10,16-20,24H,11H2,1-3H3,(H,22,23). The summed E-state index contributed by atoms with van der Waals surface area (Å²) in [5.74, 6) is -0.537. The van der Waals surface area contributed by atoms with E-state index in [-0.39, 0.29) is 12.5 Å². The van der Waals surface area contributed by atoms with Gasteiger partial charge in [0.15, 0.2) is 5.79 Å². The van der Waals surface area contributed by atoms with Gasteiger partial charge in [-0.15, -0.1) is 0 Å². The number of carbonyl (C=O) groups is 1. The van der Waals surface area contributed by atoms with Crippen LogP contribution < -0.4 is 10.1 Å². The van der Waals surface area contributed by atoms with E-state index in [4.69, 9.17) is 18.9 Å². The Kier molecular flexibility index (Phi) is 5.01. The van der Waals surface area contributed by atoms with E-state index in [1.54, 1.807) is 13.8 Å². The smallest absolute Gasteiger partial charge is 0.223 e. The molecule has 28 heavy (non-hydrogen) atoms. The van der Waals surface area contributed by atoms with E-state index in [0.717, 1.165) is 10.8 Å². The fourth-order valence-corrected chi connectivity index (χ4v) is 3.71. The highest BCUT2D eigenvalue weighted by molar-refractivity contribution is 5.83. The maximum Gasteiger partial charge on any atom is 0.223 e. The van der Waals surface area contributed by atoms with Gasteiger partial charge in [-0.1, -0.05) is 30.3 Å². The summed E-state index contributed by atoms with van der Waals surface area (Å²) in [7, 11) is 0. The number of ether oxygens (including phenoxy) is 4. The van der Waals surface area contributed by atoms with Gasteiger partial charge in [0.2, 0.25) is 12.2 Å². The van der Waals surface area contributed by atoms with Crippen molar-refractivity contribution in [3.05, 3.63) is 42.5 Å². The van der Waals surface area contributed by atoms with Crippen LogP contribution in [0.5, 0.6) is 5.75 Å². The van der Waals surface area contributed by atoms with Gasteiger partial charge in [-0.05, 0) is 36.8 Å². The molecule has 2 heterocycles. The quantitative estimate of drug-likeness (QED) is 0.837. The van der Waals surface area contributed by atoms with Crippen molar-refractivity contribution in [3.63, 3.8) is 0 Å². The van der Waals surface area contributed by atoms with E-state index in [1.807, 2.05) is 42.5 Å². The van der Waals surface area contributed by atoms with Gasteiger partial charge in [-0.3, -0.25) is 4.79 Å². The van der Waals surface area contributed by atoms with Gasteiger partial charge >= 0.3 is 0 Å². The molecule has 7 nitrogen and oxygen atoms in total. The molecule has 2 N–H and O–H groups in total. The number of rotatable bonds is 3. The summed E-state index contributed by atoms with van der Waals surface area (Å²) >= 11 is 0. The lowest BCUT2D eigenvalue weighted by Gasteiger charge is -2.49. The highest BCUT2D eigenvalue weighted by Gasteiger charge is 2.52. The number of hydrogen-bond acceptors (Lipinski definition) is 6. The predicted molar refractivity (Wildman–Crippen MR) is 102 cm³/mol. The van der Waals surface area contributed by atoms with Crippen molar-refractivity contribution in [3.8, 4) is 5.75 Å². The average molecular weight is 387 g/mol. The Labute approximate surface area is 163 Å². The number of nitrogens with one attached hydrogen (secondary N) is 1. The van der Waals surface area contributed by atoms with Gasteiger partial charge in [0.25, 0.3) is 0 Å². The van der Waals surface area contributed by atoms with E-state index < -0.39 is 36.4 Å². The fourth-order valence-electron chi connectivity index (χ4n) is 3.71. The minimum Gasteiger partial charge on any atom is -0.463 e. The molecule has 4 rings (SSSR count). The molecular formula is C21H25NO6. The highest BCUT2D eigenvalue weighted by atomic mass is 16.8. The summed E-state index contributed by atoms with van der Waals surface area (Å²) in [6, 6.07) is 12.9. The van der Waals surface area contributed by atoms with Crippen molar-refractivity contribution in [2.24, 2.45) is 0 Å². The van der Waals surface area contributed by atoms with E-state index in [9.17, 15) is 9.90 Å². The minimum atomic E-state index is -1.00.